The summed E-state index contributed by atoms with van der Waals surface area (Å²) in [4.78, 5) is 19.1. The number of hydrogen-bond acceptors (Lipinski definition) is 7. The molecule has 0 bridgehead atoms. The van der Waals surface area contributed by atoms with E-state index in [-0.39, 0.29) is 16.6 Å². The second-order valence-electron chi connectivity index (χ2n) is 7.99. The minimum absolute atomic E-state index is 0.148. The third-order valence-electron chi connectivity index (χ3n) is 6.03. The van der Waals surface area contributed by atoms with Crippen LogP contribution in [0.2, 0.25) is 0 Å². The van der Waals surface area contributed by atoms with Gasteiger partial charge in [-0.1, -0.05) is 42.5 Å². The van der Waals surface area contributed by atoms with Gasteiger partial charge in [0, 0.05) is 43.7 Å². The van der Waals surface area contributed by atoms with Crippen molar-refractivity contribution in [1.29, 1.82) is 0 Å². The summed E-state index contributed by atoms with van der Waals surface area (Å²) in [6, 6.07) is 16.8. The second-order valence-corrected chi connectivity index (χ2v) is 10.8. The van der Waals surface area contributed by atoms with Crippen LogP contribution in [-0.2, 0) is 14.8 Å². The molecule has 1 atom stereocenters. The maximum atomic E-state index is 13.1. The number of nitrogens with one attached hydrogen (secondary N) is 1. The first-order valence-electron chi connectivity index (χ1n) is 10.6. The monoisotopic (exact) mass is 468 g/mol. The minimum Gasteiger partial charge on any atom is -0.345 e. The Balaban J connectivity index is 1.25. The lowest BCUT2D eigenvalue weighted by Gasteiger charge is -2.33. The van der Waals surface area contributed by atoms with E-state index in [1.54, 1.807) is 35.6 Å². The second kappa shape index (κ2) is 8.74. The Morgan fingerprint density at radius 3 is 2.34 bits per heavy atom. The number of rotatable bonds is 5. The molecule has 166 valence electrons. The maximum absolute atomic E-state index is 13.1. The van der Waals surface area contributed by atoms with Gasteiger partial charge in [0.1, 0.15) is 0 Å². The Kier molecular flexibility index (Phi) is 5.81. The molecule has 2 fully saturated rings. The van der Waals surface area contributed by atoms with E-state index in [4.69, 9.17) is 4.98 Å². The highest BCUT2D eigenvalue weighted by Gasteiger charge is 2.30. The summed E-state index contributed by atoms with van der Waals surface area (Å²) in [5, 5.41) is 6.02. The average Bonchev–Trinajstić information content (AvgIpc) is 3.49. The SMILES string of the molecule is O=C1CNCC1c1ccc(S(=O)(=O)N2CCN(c3nc(-c4ccccc4)cs3)CC2)cc1. The van der Waals surface area contributed by atoms with Crippen LogP contribution in [0.25, 0.3) is 11.3 Å². The zero-order valence-corrected chi connectivity index (χ0v) is 19.1. The van der Waals surface area contributed by atoms with Crippen molar-refractivity contribution in [3.63, 3.8) is 0 Å². The topological polar surface area (TPSA) is 82.6 Å². The molecule has 2 aliphatic heterocycles. The van der Waals surface area contributed by atoms with Crippen LogP contribution in [-0.4, -0.2) is 62.8 Å². The van der Waals surface area contributed by atoms with Gasteiger partial charge in [-0.05, 0) is 17.7 Å². The molecule has 0 spiro atoms. The van der Waals surface area contributed by atoms with Gasteiger partial charge in [-0.25, -0.2) is 13.4 Å². The van der Waals surface area contributed by atoms with Crippen LogP contribution in [0.3, 0.4) is 0 Å². The Morgan fingerprint density at radius 1 is 0.969 bits per heavy atom. The fraction of sp³-hybridized carbons (Fsp3) is 0.304. The molecular weight excluding hydrogens is 444 g/mol. The molecule has 2 aromatic carbocycles. The van der Waals surface area contributed by atoms with Gasteiger partial charge in [-0.2, -0.15) is 4.31 Å². The van der Waals surface area contributed by atoms with E-state index in [2.05, 4.69) is 10.2 Å². The lowest BCUT2D eigenvalue weighted by atomic mass is 9.98. The molecule has 3 heterocycles. The summed E-state index contributed by atoms with van der Waals surface area (Å²) in [5.74, 6) is -0.0382. The molecule has 0 saturated carbocycles. The predicted molar refractivity (Wildman–Crippen MR) is 126 cm³/mol. The number of ketones is 1. The van der Waals surface area contributed by atoms with Crippen molar-refractivity contribution in [2.24, 2.45) is 0 Å². The standard InChI is InChI=1S/C23H24N4O3S2/c28-22-15-24-14-20(22)17-6-8-19(9-7-17)32(29,30)27-12-10-26(11-13-27)23-25-21(16-31-23)18-4-2-1-3-5-18/h1-9,16,20,24H,10-15H2. The third-order valence-corrected chi connectivity index (χ3v) is 8.84. The summed E-state index contributed by atoms with van der Waals surface area (Å²) >= 11 is 1.58. The number of piperazine rings is 1. The normalized spacial score (nSPS) is 20.1. The van der Waals surface area contributed by atoms with Gasteiger partial charge in [-0.3, -0.25) is 4.79 Å². The summed E-state index contributed by atoms with van der Waals surface area (Å²) in [6.45, 7) is 3.00. The molecule has 7 nitrogen and oxygen atoms in total. The van der Waals surface area contributed by atoms with Crippen molar-refractivity contribution >= 4 is 32.3 Å². The highest BCUT2D eigenvalue weighted by Crippen LogP contribution is 2.29. The van der Waals surface area contributed by atoms with Gasteiger partial charge in [0.05, 0.1) is 23.1 Å². The van der Waals surface area contributed by atoms with Gasteiger partial charge in [0.25, 0.3) is 0 Å². The van der Waals surface area contributed by atoms with Gasteiger partial charge >= 0.3 is 0 Å². The number of carbonyl (C=O) groups is 1. The van der Waals surface area contributed by atoms with Crippen LogP contribution in [0.4, 0.5) is 5.13 Å². The van der Waals surface area contributed by atoms with E-state index < -0.39 is 10.0 Å². The van der Waals surface area contributed by atoms with E-state index >= 15 is 0 Å². The highest BCUT2D eigenvalue weighted by atomic mass is 32.2. The van der Waals surface area contributed by atoms with Crippen molar-refractivity contribution in [2.75, 3.05) is 44.2 Å². The fourth-order valence-electron chi connectivity index (χ4n) is 4.17. The maximum Gasteiger partial charge on any atom is 0.243 e. The molecule has 1 N–H and O–H groups in total. The zero-order valence-electron chi connectivity index (χ0n) is 17.5. The third kappa shape index (κ3) is 4.09. The van der Waals surface area contributed by atoms with E-state index in [1.165, 1.54) is 4.31 Å². The smallest absolute Gasteiger partial charge is 0.243 e. The largest absolute Gasteiger partial charge is 0.345 e. The Morgan fingerprint density at radius 2 is 1.69 bits per heavy atom. The fourth-order valence-corrected chi connectivity index (χ4v) is 6.48. The molecule has 1 unspecified atom stereocenters. The Bertz CT molecular complexity index is 1200. The average molecular weight is 469 g/mol. The molecule has 0 radical (unpaired) electrons. The van der Waals surface area contributed by atoms with Crippen LogP contribution < -0.4 is 10.2 Å². The van der Waals surface area contributed by atoms with Crippen molar-refractivity contribution in [2.45, 2.75) is 10.8 Å². The van der Waals surface area contributed by atoms with Gasteiger partial charge in [0.15, 0.2) is 10.9 Å². The molecule has 2 saturated heterocycles. The van der Waals surface area contributed by atoms with Crippen LogP contribution in [0.15, 0.2) is 64.9 Å². The first-order valence-corrected chi connectivity index (χ1v) is 12.9. The zero-order chi connectivity index (χ0) is 22.1. The summed E-state index contributed by atoms with van der Waals surface area (Å²) in [7, 11) is -3.57. The number of anilines is 1. The van der Waals surface area contributed by atoms with Crippen LogP contribution in [0, 0.1) is 0 Å². The molecule has 1 aromatic heterocycles. The molecule has 9 heteroatoms. The van der Waals surface area contributed by atoms with Crippen molar-refractivity contribution in [3.05, 3.63) is 65.5 Å². The number of aromatic nitrogens is 1. The van der Waals surface area contributed by atoms with Crippen LogP contribution >= 0.6 is 11.3 Å². The molecular formula is C23H24N4O3S2. The van der Waals surface area contributed by atoms with Gasteiger partial charge in [-0.15, -0.1) is 11.3 Å². The van der Waals surface area contributed by atoms with E-state index in [0.717, 1.165) is 22.0 Å². The number of hydrogen-bond donors (Lipinski definition) is 1. The van der Waals surface area contributed by atoms with Gasteiger partial charge in [0.2, 0.25) is 10.0 Å². The summed E-state index contributed by atoms with van der Waals surface area (Å²) < 4.78 is 27.8. The number of nitrogens with zero attached hydrogens (tertiary/aromatic N) is 3. The molecule has 32 heavy (non-hydrogen) atoms. The Labute approximate surface area is 191 Å². The first kappa shape index (κ1) is 21.3. The summed E-state index contributed by atoms with van der Waals surface area (Å²) in [6.07, 6.45) is 0. The van der Waals surface area contributed by atoms with Crippen molar-refractivity contribution in [3.8, 4) is 11.3 Å². The Hall–Kier alpha value is -2.59. The number of thiazole rings is 1. The van der Waals surface area contributed by atoms with E-state index in [1.807, 2.05) is 35.7 Å². The lowest BCUT2D eigenvalue weighted by molar-refractivity contribution is -0.117. The van der Waals surface area contributed by atoms with Gasteiger partial charge < -0.3 is 10.2 Å². The first-order chi connectivity index (χ1) is 15.5. The number of benzene rings is 2. The lowest BCUT2D eigenvalue weighted by Crippen LogP contribution is -2.48. The van der Waals surface area contributed by atoms with E-state index in [9.17, 15) is 13.2 Å². The molecule has 0 aliphatic carbocycles. The quantitative estimate of drug-likeness (QED) is 0.620. The van der Waals surface area contributed by atoms with Crippen LogP contribution in [0.5, 0.6) is 0 Å². The number of sulfonamides is 1. The van der Waals surface area contributed by atoms with Crippen LogP contribution in [0.1, 0.15) is 11.5 Å². The molecule has 2 aliphatic rings. The number of Topliss-reactive ketones (excluding diaryl/α,β-unsaturated/α-hetero) is 1. The molecule has 3 aromatic rings. The number of carbonyl (C=O) groups excluding carboxylic acids is 1. The predicted octanol–water partition coefficient (Wildman–Crippen LogP) is 2.58. The van der Waals surface area contributed by atoms with E-state index in [0.29, 0.717) is 39.3 Å². The molecule has 0 amide bonds. The minimum atomic E-state index is -3.57. The summed E-state index contributed by atoms with van der Waals surface area (Å²) in [5.41, 5.74) is 2.88. The highest BCUT2D eigenvalue weighted by molar-refractivity contribution is 7.89. The van der Waals surface area contributed by atoms with Crippen molar-refractivity contribution in [1.82, 2.24) is 14.6 Å². The van der Waals surface area contributed by atoms with Crippen molar-refractivity contribution < 1.29 is 13.2 Å². The molecule has 5 rings (SSSR count).